The molecule has 2 aromatic rings. The zero-order chi connectivity index (χ0) is 20.1. The number of benzene rings is 1. The van der Waals surface area contributed by atoms with Gasteiger partial charge in [-0.2, -0.15) is 16.7 Å². The minimum absolute atomic E-state index is 0.0450. The number of hydrogen-bond acceptors (Lipinski definition) is 7. The first kappa shape index (κ1) is 20.4. The van der Waals surface area contributed by atoms with E-state index in [2.05, 4.69) is 37.4 Å². The number of piperidine rings is 1. The van der Waals surface area contributed by atoms with Gasteiger partial charge in [-0.25, -0.2) is 0 Å². The number of nitrogens with zero attached hydrogens (tertiary/aromatic N) is 4. The fraction of sp³-hybridized carbons (Fsp3) is 0.571. The van der Waals surface area contributed by atoms with E-state index in [9.17, 15) is 4.79 Å². The molecule has 1 N–H and O–H groups in total. The molecule has 0 aliphatic carbocycles. The van der Waals surface area contributed by atoms with Crippen molar-refractivity contribution in [2.45, 2.75) is 32.2 Å². The van der Waals surface area contributed by atoms with Gasteiger partial charge < -0.3 is 9.84 Å². The number of rotatable bonds is 6. The average molecular weight is 416 g/mol. The molecule has 1 aromatic carbocycles. The second-order valence-electron chi connectivity index (χ2n) is 7.87. The number of amides is 1. The van der Waals surface area contributed by atoms with Crippen LogP contribution in [-0.2, 0) is 11.3 Å². The third-order valence-corrected chi connectivity index (χ3v) is 6.51. The maximum atomic E-state index is 12.5. The topological polar surface area (TPSA) is 74.5 Å². The van der Waals surface area contributed by atoms with Gasteiger partial charge in [-0.1, -0.05) is 17.3 Å². The third-order valence-electron chi connectivity index (χ3n) is 5.57. The zero-order valence-electron chi connectivity index (χ0n) is 17.0. The van der Waals surface area contributed by atoms with Crippen molar-refractivity contribution in [3.8, 4) is 0 Å². The molecule has 0 radical (unpaired) electrons. The van der Waals surface area contributed by atoms with Crippen LogP contribution in [0.5, 0.6) is 0 Å². The Morgan fingerprint density at radius 2 is 2.00 bits per heavy atom. The van der Waals surface area contributed by atoms with Gasteiger partial charge in [0, 0.05) is 42.7 Å². The second kappa shape index (κ2) is 9.73. The molecule has 3 heterocycles. The van der Waals surface area contributed by atoms with Gasteiger partial charge in [0.05, 0.1) is 6.54 Å². The van der Waals surface area contributed by atoms with E-state index < -0.39 is 0 Å². The van der Waals surface area contributed by atoms with Gasteiger partial charge in [-0.15, -0.1) is 0 Å². The maximum absolute atomic E-state index is 12.5. The van der Waals surface area contributed by atoms with Crippen LogP contribution in [0.3, 0.4) is 0 Å². The monoisotopic (exact) mass is 415 g/mol. The molecule has 1 amide bonds. The molecular formula is C21H29N5O2S. The molecule has 156 valence electrons. The number of hydrogen-bond donors (Lipinski definition) is 1. The smallest absolute Gasteiger partial charge is 0.238 e. The highest BCUT2D eigenvalue weighted by molar-refractivity contribution is 7.99. The molecule has 4 rings (SSSR count). The molecule has 2 aliphatic heterocycles. The summed E-state index contributed by atoms with van der Waals surface area (Å²) in [7, 11) is 0. The molecule has 2 aliphatic rings. The van der Waals surface area contributed by atoms with Gasteiger partial charge in [0.15, 0.2) is 5.82 Å². The van der Waals surface area contributed by atoms with E-state index in [4.69, 9.17) is 4.52 Å². The van der Waals surface area contributed by atoms with Crippen molar-refractivity contribution in [3.05, 3.63) is 41.5 Å². The highest BCUT2D eigenvalue weighted by Gasteiger charge is 2.25. The number of aryl methyl sites for hydroxylation is 1. The summed E-state index contributed by atoms with van der Waals surface area (Å²) in [4.78, 5) is 21.6. The van der Waals surface area contributed by atoms with Crippen LogP contribution >= 0.6 is 11.8 Å². The quantitative estimate of drug-likeness (QED) is 0.777. The van der Waals surface area contributed by atoms with Crippen molar-refractivity contribution in [3.63, 3.8) is 0 Å². The summed E-state index contributed by atoms with van der Waals surface area (Å²) < 4.78 is 5.30. The summed E-state index contributed by atoms with van der Waals surface area (Å²) in [6.45, 7) is 7.23. The molecule has 0 atom stereocenters. The van der Waals surface area contributed by atoms with Crippen molar-refractivity contribution in [2.24, 2.45) is 0 Å². The molecule has 8 heteroatoms. The summed E-state index contributed by atoms with van der Waals surface area (Å²) in [6, 6.07) is 8.24. The Morgan fingerprint density at radius 3 is 2.72 bits per heavy atom. The van der Waals surface area contributed by atoms with Crippen LogP contribution in [0, 0.1) is 6.92 Å². The highest BCUT2D eigenvalue weighted by atomic mass is 32.2. The van der Waals surface area contributed by atoms with E-state index in [1.165, 1.54) is 17.1 Å². The van der Waals surface area contributed by atoms with Gasteiger partial charge in [-0.05, 0) is 50.6 Å². The van der Waals surface area contributed by atoms with Crippen molar-refractivity contribution >= 4 is 23.4 Å². The number of thioether (sulfide) groups is 1. The predicted molar refractivity (Wildman–Crippen MR) is 115 cm³/mol. The van der Waals surface area contributed by atoms with Crippen molar-refractivity contribution in [1.82, 2.24) is 19.9 Å². The Kier molecular flexibility index (Phi) is 6.84. The normalized spacial score (nSPS) is 19.3. The Morgan fingerprint density at radius 1 is 1.21 bits per heavy atom. The Balaban J connectivity index is 1.24. The molecule has 0 saturated carbocycles. The highest BCUT2D eigenvalue weighted by Crippen LogP contribution is 2.26. The number of aromatic nitrogens is 2. The number of carbonyl (C=O) groups is 1. The van der Waals surface area contributed by atoms with Crippen LogP contribution in [0.4, 0.5) is 5.69 Å². The van der Waals surface area contributed by atoms with Crippen molar-refractivity contribution in [2.75, 3.05) is 49.5 Å². The number of likely N-dealkylation sites (tertiary alicyclic amines) is 1. The van der Waals surface area contributed by atoms with Crippen LogP contribution in [0.25, 0.3) is 0 Å². The third kappa shape index (κ3) is 5.81. The van der Waals surface area contributed by atoms with Crippen molar-refractivity contribution < 1.29 is 9.32 Å². The number of anilines is 1. The van der Waals surface area contributed by atoms with Gasteiger partial charge in [-0.3, -0.25) is 14.6 Å². The summed E-state index contributed by atoms with van der Waals surface area (Å²) in [6.07, 6.45) is 1.89. The van der Waals surface area contributed by atoms with E-state index >= 15 is 0 Å². The van der Waals surface area contributed by atoms with Crippen LogP contribution < -0.4 is 5.32 Å². The summed E-state index contributed by atoms with van der Waals surface area (Å²) in [5.74, 6) is 4.18. The van der Waals surface area contributed by atoms with E-state index in [1.54, 1.807) is 0 Å². The fourth-order valence-corrected chi connectivity index (χ4v) is 4.96. The molecule has 2 fully saturated rings. The van der Waals surface area contributed by atoms with Gasteiger partial charge in [0.1, 0.15) is 0 Å². The molecule has 7 nitrogen and oxygen atoms in total. The predicted octanol–water partition coefficient (Wildman–Crippen LogP) is 2.74. The van der Waals surface area contributed by atoms with Gasteiger partial charge >= 0.3 is 0 Å². The average Bonchev–Trinajstić information content (AvgIpc) is 3.16. The standard InChI is InChI=1S/C21H29N5O2S/c1-16-22-21(28-24-16)18-5-7-25(8-6-18)15-20(27)23-19-4-2-3-17(13-19)14-26-9-11-29-12-10-26/h2-4,13,18H,5-12,14-15H2,1H3,(H,23,27). The molecule has 1 aromatic heterocycles. The summed E-state index contributed by atoms with van der Waals surface area (Å²) >= 11 is 2.02. The first-order valence-electron chi connectivity index (χ1n) is 10.4. The maximum Gasteiger partial charge on any atom is 0.238 e. The molecule has 0 unspecified atom stereocenters. The molecule has 0 bridgehead atoms. The molecule has 2 saturated heterocycles. The summed E-state index contributed by atoms with van der Waals surface area (Å²) in [5, 5.41) is 6.95. The minimum Gasteiger partial charge on any atom is -0.339 e. The Bertz CT molecular complexity index is 813. The minimum atomic E-state index is 0.0450. The second-order valence-corrected chi connectivity index (χ2v) is 9.09. The van der Waals surface area contributed by atoms with Gasteiger partial charge in [0.2, 0.25) is 11.8 Å². The number of nitrogens with one attached hydrogen (secondary N) is 1. The van der Waals surface area contributed by atoms with Crippen molar-refractivity contribution in [1.29, 1.82) is 0 Å². The fourth-order valence-electron chi connectivity index (χ4n) is 3.99. The zero-order valence-corrected chi connectivity index (χ0v) is 17.8. The number of carbonyl (C=O) groups excluding carboxylic acids is 1. The van der Waals surface area contributed by atoms with E-state index in [1.807, 2.05) is 30.8 Å². The van der Waals surface area contributed by atoms with E-state index in [0.29, 0.717) is 18.3 Å². The summed E-state index contributed by atoms with van der Waals surface area (Å²) in [5.41, 5.74) is 2.14. The Hall–Kier alpha value is -1.90. The molecular weight excluding hydrogens is 386 g/mol. The van der Waals surface area contributed by atoms with Crippen LogP contribution in [0.2, 0.25) is 0 Å². The SMILES string of the molecule is Cc1noc(C2CCN(CC(=O)Nc3cccc(CN4CCSCC4)c3)CC2)n1. The van der Waals surface area contributed by atoms with Crippen LogP contribution in [0.15, 0.2) is 28.8 Å². The van der Waals surface area contributed by atoms with E-state index in [-0.39, 0.29) is 5.91 Å². The van der Waals surface area contributed by atoms with Crippen LogP contribution in [-0.4, -0.2) is 70.1 Å². The lowest BCUT2D eigenvalue weighted by molar-refractivity contribution is -0.117. The lowest BCUT2D eigenvalue weighted by atomic mass is 9.97. The van der Waals surface area contributed by atoms with Gasteiger partial charge in [0.25, 0.3) is 0 Å². The largest absolute Gasteiger partial charge is 0.339 e. The molecule has 29 heavy (non-hydrogen) atoms. The molecule has 0 spiro atoms. The lowest BCUT2D eigenvalue weighted by Gasteiger charge is -2.29. The first-order valence-corrected chi connectivity index (χ1v) is 11.5. The lowest BCUT2D eigenvalue weighted by Crippen LogP contribution is -2.38. The van der Waals surface area contributed by atoms with Crippen LogP contribution in [0.1, 0.15) is 36.0 Å². The van der Waals surface area contributed by atoms with E-state index in [0.717, 1.165) is 57.1 Å². The Labute approximate surface area is 176 Å². The first-order chi connectivity index (χ1) is 14.2.